The van der Waals surface area contributed by atoms with Crippen molar-refractivity contribution in [3.63, 3.8) is 0 Å². The molecule has 2 heteroatoms. The first kappa shape index (κ1) is 12.9. The van der Waals surface area contributed by atoms with Crippen LogP contribution in [0.1, 0.15) is 20.3 Å². The summed E-state index contributed by atoms with van der Waals surface area (Å²) in [5.74, 6) is 0.700. The zero-order valence-corrected chi connectivity index (χ0v) is 10.6. The molecule has 0 radical (unpaired) electrons. The van der Waals surface area contributed by atoms with Gasteiger partial charge in [-0.1, -0.05) is 47.7 Å². The number of rotatable bonds is 6. The zero-order valence-electron chi connectivity index (χ0n) is 8.46. The van der Waals surface area contributed by atoms with E-state index in [1.165, 1.54) is 10.8 Å². The van der Waals surface area contributed by atoms with Crippen LogP contribution in [-0.2, 0) is 0 Å². The summed E-state index contributed by atoms with van der Waals surface area (Å²) in [6, 6.07) is 0. The van der Waals surface area contributed by atoms with Gasteiger partial charge < -0.3 is 0 Å². The van der Waals surface area contributed by atoms with Gasteiger partial charge in [0.25, 0.3) is 0 Å². The molecule has 0 aliphatic rings. The van der Waals surface area contributed by atoms with Crippen LogP contribution in [-0.4, -0.2) is 17.2 Å². The molecule has 1 unspecified atom stereocenters. The minimum Gasteiger partial charge on any atom is -0.293 e. The summed E-state index contributed by atoms with van der Waals surface area (Å²) < 4.78 is 1.22. The molecule has 0 aromatic carbocycles. The molecule has 1 atom stereocenters. The fraction of sp³-hybridized carbons (Fsp3) is 0.545. The highest BCUT2D eigenvalue weighted by Gasteiger charge is 1.96. The maximum absolute atomic E-state index is 4.31. The van der Waals surface area contributed by atoms with Crippen molar-refractivity contribution in [2.24, 2.45) is 10.9 Å². The average molecular weight is 291 g/mol. The second-order valence-corrected chi connectivity index (χ2v) is 4.38. The second kappa shape index (κ2) is 8.48. The van der Waals surface area contributed by atoms with E-state index >= 15 is 0 Å². The van der Waals surface area contributed by atoms with Crippen molar-refractivity contribution in [1.29, 1.82) is 0 Å². The normalized spacial score (nSPS) is 14.1. The van der Waals surface area contributed by atoms with Crippen LogP contribution in [0.25, 0.3) is 0 Å². The second-order valence-electron chi connectivity index (χ2n) is 3.30. The molecule has 0 saturated carbocycles. The Kier molecular flexibility index (Phi) is 8.40. The van der Waals surface area contributed by atoms with Crippen LogP contribution in [0.2, 0.25) is 0 Å². The Labute approximate surface area is 95.2 Å². The highest BCUT2D eigenvalue weighted by atomic mass is 127. The van der Waals surface area contributed by atoms with Gasteiger partial charge in [-0.3, -0.25) is 4.99 Å². The van der Waals surface area contributed by atoms with Crippen molar-refractivity contribution in [3.8, 4) is 0 Å². The van der Waals surface area contributed by atoms with Gasteiger partial charge >= 0.3 is 0 Å². The van der Waals surface area contributed by atoms with Gasteiger partial charge in [-0.2, -0.15) is 0 Å². The summed E-state index contributed by atoms with van der Waals surface area (Å²) in [5, 5.41) is 0. The van der Waals surface area contributed by atoms with Crippen molar-refractivity contribution >= 4 is 28.8 Å². The number of hydrogen-bond acceptors (Lipinski definition) is 1. The predicted molar refractivity (Wildman–Crippen MR) is 70.0 cm³/mol. The average Bonchev–Trinajstić information content (AvgIpc) is 2.03. The van der Waals surface area contributed by atoms with Crippen LogP contribution in [0, 0.1) is 5.92 Å². The fourth-order valence-electron chi connectivity index (χ4n) is 0.787. The Morgan fingerprint density at radius 1 is 1.62 bits per heavy atom. The van der Waals surface area contributed by atoms with Crippen molar-refractivity contribution in [3.05, 3.63) is 24.3 Å². The Morgan fingerprint density at radius 3 is 2.85 bits per heavy atom. The first-order valence-corrected chi connectivity index (χ1v) is 6.07. The van der Waals surface area contributed by atoms with Crippen LogP contribution >= 0.6 is 22.6 Å². The quantitative estimate of drug-likeness (QED) is 0.306. The molecule has 0 aliphatic carbocycles. The van der Waals surface area contributed by atoms with Crippen molar-refractivity contribution < 1.29 is 0 Å². The number of nitrogens with zero attached hydrogens (tertiary/aromatic N) is 1. The third-order valence-electron chi connectivity index (χ3n) is 1.59. The van der Waals surface area contributed by atoms with Gasteiger partial charge in [-0.05, 0) is 29.8 Å². The maximum atomic E-state index is 4.31. The van der Waals surface area contributed by atoms with E-state index in [4.69, 9.17) is 0 Å². The molecule has 1 nitrogen and oxygen atoms in total. The monoisotopic (exact) mass is 291 g/mol. The SMILES string of the molecule is C=C(C)/C=C/C=N\CC(C)CCI. The molecule has 0 aromatic rings. The lowest BCUT2D eigenvalue weighted by Crippen LogP contribution is -1.99. The first-order valence-electron chi connectivity index (χ1n) is 4.54. The fourth-order valence-corrected chi connectivity index (χ4v) is 1.85. The summed E-state index contributed by atoms with van der Waals surface area (Å²) in [5.41, 5.74) is 1.06. The van der Waals surface area contributed by atoms with Gasteiger partial charge in [0.2, 0.25) is 0 Å². The zero-order chi connectivity index (χ0) is 10.1. The summed E-state index contributed by atoms with van der Waals surface area (Å²) in [6.45, 7) is 8.91. The minimum atomic E-state index is 0.700. The molecule has 0 rings (SSSR count). The molecular weight excluding hydrogens is 273 g/mol. The molecule has 0 aromatic heterocycles. The third-order valence-corrected chi connectivity index (χ3v) is 2.21. The Balaban J connectivity index is 3.56. The Hall–Kier alpha value is -0.120. The van der Waals surface area contributed by atoms with E-state index in [0.29, 0.717) is 5.92 Å². The van der Waals surface area contributed by atoms with Crippen molar-refractivity contribution in [2.75, 3.05) is 11.0 Å². The maximum Gasteiger partial charge on any atom is 0.0415 e. The Bertz CT molecular complexity index is 194. The van der Waals surface area contributed by atoms with Gasteiger partial charge in [0.1, 0.15) is 0 Å². The van der Waals surface area contributed by atoms with Crippen LogP contribution in [0.15, 0.2) is 29.3 Å². The molecule has 0 amide bonds. The van der Waals surface area contributed by atoms with E-state index < -0.39 is 0 Å². The van der Waals surface area contributed by atoms with Crippen LogP contribution < -0.4 is 0 Å². The topological polar surface area (TPSA) is 12.4 Å². The number of allylic oxidation sites excluding steroid dienone is 3. The highest BCUT2D eigenvalue weighted by Crippen LogP contribution is 2.04. The van der Waals surface area contributed by atoms with E-state index in [2.05, 4.69) is 41.1 Å². The molecule has 0 N–H and O–H groups in total. The van der Waals surface area contributed by atoms with Gasteiger partial charge in [0, 0.05) is 12.8 Å². The molecule has 74 valence electrons. The van der Waals surface area contributed by atoms with Gasteiger partial charge in [0.15, 0.2) is 0 Å². The van der Waals surface area contributed by atoms with E-state index in [9.17, 15) is 0 Å². The lowest BCUT2D eigenvalue weighted by atomic mass is 10.1. The standard InChI is InChI=1S/C11H18IN/c1-10(2)5-4-8-13-9-11(3)6-7-12/h4-5,8,11H,1,6-7,9H2,2-3H3/b5-4+,13-8-. The largest absolute Gasteiger partial charge is 0.293 e. The molecule has 0 aliphatic heterocycles. The number of alkyl halides is 1. The summed E-state index contributed by atoms with van der Waals surface area (Å²) >= 11 is 2.40. The molecular formula is C11H18IN. The molecule has 13 heavy (non-hydrogen) atoms. The lowest BCUT2D eigenvalue weighted by molar-refractivity contribution is 0.587. The van der Waals surface area contributed by atoms with Crippen LogP contribution in [0.4, 0.5) is 0 Å². The van der Waals surface area contributed by atoms with Crippen molar-refractivity contribution in [1.82, 2.24) is 0 Å². The molecule has 0 heterocycles. The first-order chi connectivity index (χ1) is 6.16. The third kappa shape index (κ3) is 9.80. The molecule has 0 bridgehead atoms. The number of hydrogen-bond donors (Lipinski definition) is 0. The lowest BCUT2D eigenvalue weighted by Gasteiger charge is -2.03. The Morgan fingerprint density at radius 2 is 2.31 bits per heavy atom. The summed E-state index contributed by atoms with van der Waals surface area (Å²) in [4.78, 5) is 4.31. The van der Waals surface area contributed by atoms with Crippen molar-refractivity contribution in [2.45, 2.75) is 20.3 Å². The van der Waals surface area contributed by atoms with Crippen LogP contribution in [0.3, 0.4) is 0 Å². The van der Waals surface area contributed by atoms with Gasteiger partial charge in [0.05, 0.1) is 0 Å². The van der Waals surface area contributed by atoms with Gasteiger partial charge in [-0.15, -0.1) is 0 Å². The molecule has 0 spiro atoms. The molecule has 0 fully saturated rings. The van der Waals surface area contributed by atoms with E-state index in [1.807, 2.05) is 25.3 Å². The van der Waals surface area contributed by atoms with Gasteiger partial charge in [-0.25, -0.2) is 0 Å². The molecule has 0 saturated heterocycles. The summed E-state index contributed by atoms with van der Waals surface area (Å²) in [6.07, 6.45) is 7.02. The minimum absolute atomic E-state index is 0.700. The summed E-state index contributed by atoms with van der Waals surface area (Å²) in [7, 11) is 0. The predicted octanol–water partition coefficient (Wildman–Crippen LogP) is 3.65. The smallest absolute Gasteiger partial charge is 0.0415 e. The highest BCUT2D eigenvalue weighted by molar-refractivity contribution is 14.1. The van der Waals surface area contributed by atoms with Crippen LogP contribution in [0.5, 0.6) is 0 Å². The van der Waals surface area contributed by atoms with E-state index in [1.54, 1.807) is 0 Å². The number of halogens is 1. The van der Waals surface area contributed by atoms with E-state index in [-0.39, 0.29) is 0 Å². The van der Waals surface area contributed by atoms with E-state index in [0.717, 1.165) is 12.1 Å². The number of aliphatic imine (C=N–C) groups is 1.